The molecule has 4 nitrogen and oxygen atoms in total. The number of rotatable bonds is 3. The Morgan fingerprint density at radius 3 is 2.69 bits per heavy atom. The first-order valence-electron chi connectivity index (χ1n) is 5.12. The van der Waals surface area contributed by atoms with Crippen molar-refractivity contribution in [3.05, 3.63) is 47.8 Å². The SMILES string of the molecule is Cc1c(N)ncnc1NCc1ccccc1. The van der Waals surface area contributed by atoms with Gasteiger partial charge in [0.25, 0.3) is 0 Å². The standard InChI is InChI=1S/C12H14N4/c1-9-11(13)15-8-16-12(9)14-7-10-5-3-2-4-6-10/h2-6,8H,7H2,1H3,(H3,13,14,15,16). The number of nitrogens with one attached hydrogen (secondary N) is 1. The second kappa shape index (κ2) is 4.61. The molecule has 0 saturated heterocycles. The summed E-state index contributed by atoms with van der Waals surface area (Å²) in [7, 11) is 0. The lowest BCUT2D eigenvalue weighted by Crippen LogP contribution is -2.05. The van der Waals surface area contributed by atoms with Crippen molar-refractivity contribution >= 4 is 11.6 Å². The molecular weight excluding hydrogens is 200 g/mol. The monoisotopic (exact) mass is 214 g/mol. The molecule has 1 heterocycles. The average molecular weight is 214 g/mol. The summed E-state index contributed by atoms with van der Waals surface area (Å²) in [6.07, 6.45) is 1.47. The number of nitrogens with zero attached hydrogens (tertiary/aromatic N) is 2. The van der Waals surface area contributed by atoms with Crippen LogP contribution < -0.4 is 11.1 Å². The lowest BCUT2D eigenvalue weighted by molar-refractivity contribution is 1.06. The predicted octanol–water partition coefficient (Wildman–Crippen LogP) is 1.98. The van der Waals surface area contributed by atoms with Crippen molar-refractivity contribution < 1.29 is 0 Å². The van der Waals surface area contributed by atoms with Gasteiger partial charge in [-0.3, -0.25) is 0 Å². The van der Waals surface area contributed by atoms with E-state index in [0.717, 1.165) is 17.9 Å². The second-order valence-corrected chi connectivity index (χ2v) is 3.57. The molecule has 0 bridgehead atoms. The van der Waals surface area contributed by atoms with Crippen molar-refractivity contribution in [3.63, 3.8) is 0 Å². The Morgan fingerprint density at radius 1 is 1.19 bits per heavy atom. The van der Waals surface area contributed by atoms with Gasteiger partial charge in [-0.25, -0.2) is 9.97 Å². The third-order valence-corrected chi connectivity index (χ3v) is 2.43. The third kappa shape index (κ3) is 2.28. The van der Waals surface area contributed by atoms with Crippen LogP contribution in [0.3, 0.4) is 0 Å². The van der Waals surface area contributed by atoms with Crippen molar-refractivity contribution in [3.8, 4) is 0 Å². The summed E-state index contributed by atoms with van der Waals surface area (Å²) in [6, 6.07) is 10.1. The van der Waals surface area contributed by atoms with Crippen molar-refractivity contribution in [1.82, 2.24) is 9.97 Å². The van der Waals surface area contributed by atoms with Gasteiger partial charge in [0, 0.05) is 12.1 Å². The molecule has 0 aliphatic rings. The molecule has 2 rings (SSSR count). The van der Waals surface area contributed by atoms with Crippen molar-refractivity contribution in [1.29, 1.82) is 0 Å². The molecule has 0 amide bonds. The van der Waals surface area contributed by atoms with Gasteiger partial charge in [-0.1, -0.05) is 30.3 Å². The maximum Gasteiger partial charge on any atom is 0.134 e. The van der Waals surface area contributed by atoms with Gasteiger partial charge in [-0.05, 0) is 12.5 Å². The highest BCUT2D eigenvalue weighted by Crippen LogP contribution is 2.15. The number of nitrogens with two attached hydrogens (primary N) is 1. The maximum absolute atomic E-state index is 5.70. The highest BCUT2D eigenvalue weighted by molar-refractivity contribution is 5.53. The van der Waals surface area contributed by atoms with Gasteiger partial charge in [-0.2, -0.15) is 0 Å². The Balaban J connectivity index is 2.08. The molecule has 0 radical (unpaired) electrons. The molecule has 0 fully saturated rings. The highest BCUT2D eigenvalue weighted by atomic mass is 15.0. The number of anilines is 2. The molecular formula is C12H14N4. The fraction of sp³-hybridized carbons (Fsp3) is 0.167. The van der Waals surface area contributed by atoms with Gasteiger partial charge in [0.2, 0.25) is 0 Å². The van der Waals surface area contributed by atoms with Crippen LogP contribution in [0.25, 0.3) is 0 Å². The summed E-state index contributed by atoms with van der Waals surface area (Å²) >= 11 is 0. The number of hydrogen-bond donors (Lipinski definition) is 2. The first-order valence-corrected chi connectivity index (χ1v) is 5.12. The summed E-state index contributed by atoms with van der Waals surface area (Å²) in [4.78, 5) is 8.07. The largest absolute Gasteiger partial charge is 0.383 e. The zero-order chi connectivity index (χ0) is 11.4. The lowest BCUT2D eigenvalue weighted by atomic mass is 10.2. The Kier molecular flexibility index (Phi) is 3.00. The van der Waals surface area contributed by atoms with Gasteiger partial charge in [0.05, 0.1) is 0 Å². The van der Waals surface area contributed by atoms with Crippen LogP contribution in [0.15, 0.2) is 36.7 Å². The summed E-state index contributed by atoms with van der Waals surface area (Å²) in [5.41, 5.74) is 7.79. The van der Waals surface area contributed by atoms with E-state index < -0.39 is 0 Å². The van der Waals surface area contributed by atoms with Crippen LogP contribution in [-0.4, -0.2) is 9.97 Å². The summed E-state index contributed by atoms with van der Waals surface area (Å²) in [5.74, 6) is 1.31. The molecule has 0 atom stereocenters. The number of hydrogen-bond acceptors (Lipinski definition) is 4. The van der Waals surface area contributed by atoms with Crippen LogP contribution in [0.4, 0.5) is 11.6 Å². The van der Waals surface area contributed by atoms with Gasteiger partial charge in [0.15, 0.2) is 0 Å². The van der Waals surface area contributed by atoms with E-state index in [-0.39, 0.29) is 0 Å². The number of benzene rings is 1. The Labute approximate surface area is 94.5 Å². The topological polar surface area (TPSA) is 63.8 Å². The van der Waals surface area contributed by atoms with Crippen LogP contribution >= 0.6 is 0 Å². The highest BCUT2D eigenvalue weighted by Gasteiger charge is 2.02. The summed E-state index contributed by atoms with van der Waals surface area (Å²) in [6.45, 7) is 2.64. The molecule has 0 aliphatic heterocycles. The van der Waals surface area contributed by atoms with E-state index in [1.165, 1.54) is 11.9 Å². The van der Waals surface area contributed by atoms with Crippen molar-refractivity contribution in [2.45, 2.75) is 13.5 Å². The van der Waals surface area contributed by atoms with Gasteiger partial charge in [-0.15, -0.1) is 0 Å². The van der Waals surface area contributed by atoms with E-state index in [4.69, 9.17) is 5.73 Å². The molecule has 4 heteroatoms. The first-order chi connectivity index (χ1) is 7.77. The fourth-order valence-corrected chi connectivity index (χ4v) is 1.42. The molecule has 1 aromatic carbocycles. The second-order valence-electron chi connectivity index (χ2n) is 3.57. The molecule has 2 aromatic rings. The first kappa shape index (κ1) is 10.4. The van der Waals surface area contributed by atoms with Crippen LogP contribution in [0.5, 0.6) is 0 Å². The minimum Gasteiger partial charge on any atom is -0.383 e. The van der Waals surface area contributed by atoms with Crippen molar-refractivity contribution in [2.75, 3.05) is 11.1 Å². The molecule has 1 aromatic heterocycles. The zero-order valence-corrected chi connectivity index (χ0v) is 9.14. The van der Waals surface area contributed by atoms with E-state index in [1.807, 2.05) is 25.1 Å². The van der Waals surface area contributed by atoms with E-state index >= 15 is 0 Å². The molecule has 3 N–H and O–H groups in total. The Hall–Kier alpha value is -2.10. The Morgan fingerprint density at radius 2 is 1.94 bits per heavy atom. The molecule has 0 aliphatic carbocycles. The Bertz CT molecular complexity index is 468. The minimum absolute atomic E-state index is 0.519. The average Bonchev–Trinajstić information content (AvgIpc) is 2.32. The smallest absolute Gasteiger partial charge is 0.134 e. The summed E-state index contributed by atoms with van der Waals surface area (Å²) < 4.78 is 0. The zero-order valence-electron chi connectivity index (χ0n) is 9.14. The van der Waals surface area contributed by atoms with Crippen LogP contribution in [0, 0.1) is 6.92 Å². The van der Waals surface area contributed by atoms with E-state index in [2.05, 4.69) is 27.4 Å². The molecule has 0 spiro atoms. The van der Waals surface area contributed by atoms with Crippen molar-refractivity contribution in [2.24, 2.45) is 0 Å². The third-order valence-electron chi connectivity index (χ3n) is 2.43. The van der Waals surface area contributed by atoms with Crippen LogP contribution in [0.1, 0.15) is 11.1 Å². The van der Waals surface area contributed by atoms with Gasteiger partial charge < -0.3 is 11.1 Å². The minimum atomic E-state index is 0.519. The fourth-order valence-electron chi connectivity index (χ4n) is 1.42. The molecule has 82 valence electrons. The molecule has 0 saturated carbocycles. The predicted molar refractivity (Wildman–Crippen MR) is 65.0 cm³/mol. The van der Waals surface area contributed by atoms with E-state index in [1.54, 1.807) is 0 Å². The van der Waals surface area contributed by atoms with Gasteiger partial charge >= 0.3 is 0 Å². The lowest BCUT2D eigenvalue weighted by Gasteiger charge is -2.09. The van der Waals surface area contributed by atoms with Gasteiger partial charge in [0.1, 0.15) is 18.0 Å². The van der Waals surface area contributed by atoms with Crippen LogP contribution in [0.2, 0.25) is 0 Å². The normalized spacial score (nSPS) is 10.1. The quantitative estimate of drug-likeness (QED) is 0.820. The molecule has 0 unspecified atom stereocenters. The molecule has 16 heavy (non-hydrogen) atoms. The number of aromatic nitrogens is 2. The van der Waals surface area contributed by atoms with Crippen LogP contribution in [-0.2, 0) is 6.54 Å². The maximum atomic E-state index is 5.70. The summed E-state index contributed by atoms with van der Waals surface area (Å²) in [5, 5.41) is 3.24. The number of nitrogen functional groups attached to an aromatic ring is 1. The van der Waals surface area contributed by atoms with E-state index in [0.29, 0.717) is 5.82 Å². The van der Waals surface area contributed by atoms with E-state index in [9.17, 15) is 0 Å².